The fourth-order valence-corrected chi connectivity index (χ4v) is 4.95. The van der Waals surface area contributed by atoms with E-state index in [1.165, 1.54) is 22.5 Å². The fraction of sp³-hybridized carbons (Fsp3) is 0.278. The fourth-order valence-electron chi connectivity index (χ4n) is 2.91. The first kappa shape index (κ1) is 19.2. The van der Waals surface area contributed by atoms with Gasteiger partial charge in [0.15, 0.2) is 0 Å². The normalized spacial score (nSPS) is 15.6. The van der Waals surface area contributed by atoms with Gasteiger partial charge in [0.2, 0.25) is 10.0 Å². The second kappa shape index (κ2) is 7.96. The Morgan fingerprint density at radius 2 is 1.69 bits per heavy atom. The summed E-state index contributed by atoms with van der Waals surface area (Å²) in [5.41, 5.74) is 0.406. The third-order valence-corrected chi connectivity index (χ3v) is 6.76. The summed E-state index contributed by atoms with van der Waals surface area (Å²) in [4.78, 5) is 12.7. The Labute approximate surface area is 163 Å². The van der Waals surface area contributed by atoms with Crippen LogP contribution < -0.4 is 5.32 Å². The van der Waals surface area contributed by atoms with Crippen molar-refractivity contribution in [1.82, 2.24) is 4.31 Å². The monoisotopic (exact) mass is 412 g/mol. The van der Waals surface area contributed by atoms with Gasteiger partial charge < -0.3 is 5.32 Å². The van der Waals surface area contributed by atoms with Gasteiger partial charge in [-0.2, -0.15) is 4.31 Å². The van der Waals surface area contributed by atoms with Crippen molar-refractivity contribution in [3.05, 3.63) is 58.1 Å². The van der Waals surface area contributed by atoms with Crippen LogP contribution in [-0.2, 0) is 10.0 Å². The molecule has 5 nitrogen and oxygen atoms in total. The third-order valence-electron chi connectivity index (χ3n) is 4.24. The second-order valence-electron chi connectivity index (χ2n) is 6.04. The highest BCUT2D eigenvalue weighted by Gasteiger charge is 2.29. The van der Waals surface area contributed by atoms with Gasteiger partial charge in [-0.15, -0.1) is 0 Å². The average molecular weight is 413 g/mol. The number of nitrogens with zero attached hydrogens (tertiary/aromatic N) is 1. The third kappa shape index (κ3) is 4.04. The largest absolute Gasteiger partial charge is 0.321 e. The molecule has 1 heterocycles. The molecule has 0 saturated carbocycles. The number of carbonyl (C=O) groups is 1. The standard InChI is InChI=1S/C18H18Cl2N2O3S/c19-13-8-9-15(20)16(12-13)21-18(23)14-6-2-3-7-17(14)26(24,25)22-10-4-1-5-11-22/h2-3,6-9,12H,1,4-5,10-11H2,(H,21,23). The molecule has 1 aliphatic heterocycles. The number of sulfonamides is 1. The molecule has 0 unspecified atom stereocenters. The molecule has 1 saturated heterocycles. The minimum Gasteiger partial charge on any atom is -0.321 e. The zero-order valence-electron chi connectivity index (χ0n) is 13.9. The van der Waals surface area contributed by atoms with Gasteiger partial charge in [-0.1, -0.05) is 41.8 Å². The molecule has 3 rings (SSSR count). The molecule has 0 aromatic heterocycles. The van der Waals surface area contributed by atoms with Gasteiger partial charge in [0.05, 0.1) is 21.2 Å². The molecule has 138 valence electrons. The Morgan fingerprint density at radius 1 is 1.00 bits per heavy atom. The van der Waals surface area contributed by atoms with Crippen LogP contribution in [0, 0.1) is 0 Å². The molecule has 0 bridgehead atoms. The zero-order chi connectivity index (χ0) is 18.7. The van der Waals surface area contributed by atoms with Crippen LogP contribution in [0.2, 0.25) is 10.0 Å². The van der Waals surface area contributed by atoms with E-state index in [9.17, 15) is 13.2 Å². The number of anilines is 1. The summed E-state index contributed by atoms with van der Waals surface area (Å²) in [7, 11) is -3.73. The topological polar surface area (TPSA) is 66.5 Å². The Morgan fingerprint density at radius 3 is 2.42 bits per heavy atom. The Kier molecular flexibility index (Phi) is 5.87. The average Bonchev–Trinajstić information content (AvgIpc) is 2.65. The van der Waals surface area contributed by atoms with Crippen LogP contribution in [0.1, 0.15) is 29.6 Å². The van der Waals surface area contributed by atoms with Crippen LogP contribution in [0.25, 0.3) is 0 Å². The number of amides is 1. The van der Waals surface area contributed by atoms with E-state index in [4.69, 9.17) is 23.2 Å². The molecular formula is C18H18Cl2N2O3S. The number of carbonyl (C=O) groups excluding carboxylic acids is 1. The van der Waals surface area contributed by atoms with Gasteiger partial charge in [-0.05, 0) is 43.2 Å². The van der Waals surface area contributed by atoms with E-state index < -0.39 is 15.9 Å². The van der Waals surface area contributed by atoms with Gasteiger partial charge >= 0.3 is 0 Å². The lowest BCUT2D eigenvalue weighted by atomic mass is 10.2. The van der Waals surface area contributed by atoms with Crippen LogP contribution in [0.3, 0.4) is 0 Å². The maximum Gasteiger partial charge on any atom is 0.257 e. The van der Waals surface area contributed by atoms with Crippen LogP contribution in [0.15, 0.2) is 47.4 Å². The first-order valence-corrected chi connectivity index (χ1v) is 10.4. The lowest BCUT2D eigenvalue weighted by Crippen LogP contribution is -2.36. The van der Waals surface area contributed by atoms with Gasteiger partial charge in [0.1, 0.15) is 0 Å². The molecule has 0 atom stereocenters. The van der Waals surface area contributed by atoms with Gasteiger partial charge in [-0.25, -0.2) is 8.42 Å². The maximum absolute atomic E-state index is 13.0. The smallest absolute Gasteiger partial charge is 0.257 e. The summed E-state index contributed by atoms with van der Waals surface area (Å²) in [6.07, 6.45) is 2.67. The molecule has 8 heteroatoms. The molecule has 2 aromatic rings. The molecule has 1 N–H and O–H groups in total. The van der Waals surface area contributed by atoms with Gasteiger partial charge in [0.25, 0.3) is 5.91 Å². The van der Waals surface area contributed by atoms with E-state index >= 15 is 0 Å². The van der Waals surface area contributed by atoms with Crippen molar-refractivity contribution in [2.45, 2.75) is 24.2 Å². The predicted molar refractivity (Wildman–Crippen MR) is 103 cm³/mol. The summed E-state index contributed by atoms with van der Waals surface area (Å²) in [6, 6.07) is 10.9. The van der Waals surface area contributed by atoms with Crippen molar-refractivity contribution < 1.29 is 13.2 Å². The quantitative estimate of drug-likeness (QED) is 0.807. The van der Waals surface area contributed by atoms with E-state index in [1.807, 2.05) is 0 Å². The SMILES string of the molecule is O=C(Nc1cc(Cl)ccc1Cl)c1ccccc1S(=O)(=O)N1CCCCC1. The van der Waals surface area contributed by atoms with Crippen molar-refractivity contribution in [1.29, 1.82) is 0 Å². The number of rotatable bonds is 4. The molecular weight excluding hydrogens is 395 g/mol. The van der Waals surface area contributed by atoms with Gasteiger partial charge in [0, 0.05) is 18.1 Å². The minimum absolute atomic E-state index is 0.00227. The van der Waals surface area contributed by atoms with Crippen molar-refractivity contribution >= 4 is 44.8 Å². The lowest BCUT2D eigenvalue weighted by Gasteiger charge is -2.26. The number of hydrogen-bond acceptors (Lipinski definition) is 3. The Bertz CT molecular complexity index is 926. The first-order valence-electron chi connectivity index (χ1n) is 8.25. The summed E-state index contributed by atoms with van der Waals surface area (Å²) < 4.78 is 27.4. The van der Waals surface area contributed by atoms with Crippen molar-refractivity contribution in [2.24, 2.45) is 0 Å². The predicted octanol–water partition coefficient (Wildman–Crippen LogP) is 4.42. The van der Waals surface area contributed by atoms with E-state index in [1.54, 1.807) is 24.3 Å². The number of halogens is 2. The summed E-state index contributed by atoms with van der Waals surface area (Å²) in [5.74, 6) is -0.551. The molecule has 0 aliphatic carbocycles. The number of nitrogens with one attached hydrogen (secondary N) is 1. The van der Waals surface area contributed by atoms with E-state index in [2.05, 4.69) is 5.32 Å². The molecule has 1 aliphatic rings. The Hall–Kier alpha value is -1.60. The first-order chi connectivity index (χ1) is 12.4. The summed E-state index contributed by atoms with van der Waals surface area (Å²) >= 11 is 12.0. The van der Waals surface area contributed by atoms with Crippen molar-refractivity contribution in [2.75, 3.05) is 18.4 Å². The molecule has 2 aromatic carbocycles. The van der Waals surface area contributed by atoms with Crippen LogP contribution in [-0.4, -0.2) is 31.7 Å². The molecule has 0 spiro atoms. The number of hydrogen-bond donors (Lipinski definition) is 1. The van der Waals surface area contributed by atoms with Gasteiger partial charge in [-0.3, -0.25) is 4.79 Å². The van der Waals surface area contributed by atoms with E-state index in [0.29, 0.717) is 28.8 Å². The summed E-state index contributed by atoms with van der Waals surface area (Å²) in [6.45, 7) is 0.941. The van der Waals surface area contributed by atoms with E-state index in [0.717, 1.165) is 19.3 Å². The molecule has 26 heavy (non-hydrogen) atoms. The molecule has 1 amide bonds. The maximum atomic E-state index is 13.0. The highest BCUT2D eigenvalue weighted by atomic mass is 35.5. The highest BCUT2D eigenvalue weighted by Crippen LogP contribution is 2.28. The molecule has 0 radical (unpaired) electrons. The lowest BCUT2D eigenvalue weighted by molar-refractivity contribution is 0.102. The summed E-state index contributed by atoms with van der Waals surface area (Å²) in [5, 5.41) is 3.38. The van der Waals surface area contributed by atoms with Crippen molar-refractivity contribution in [3.8, 4) is 0 Å². The zero-order valence-corrected chi connectivity index (χ0v) is 16.2. The minimum atomic E-state index is -3.73. The van der Waals surface area contributed by atoms with E-state index in [-0.39, 0.29) is 10.5 Å². The van der Waals surface area contributed by atoms with Crippen LogP contribution >= 0.6 is 23.2 Å². The van der Waals surface area contributed by atoms with Crippen molar-refractivity contribution in [3.63, 3.8) is 0 Å². The number of piperidine rings is 1. The van der Waals surface area contributed by atoms with Crippen LogP contribution in [0.4, 0.5) is 5.69 Å². The second-order valence-corrected chi connectivity index (χ2v) is 8.79. The highest BCUT2D eigenvalue weighted by molar-refractivity contribution is 7.89. The Balaban J connectivity index is 1.94. The van der Waals surface area contributed by atoms with Crippen LogP contribution in [0.5, 0.6) is 0 Å². The number of benzene rings is 2. The molecule has 1 fully saturated rings.